The average molecular weight is 565 g/mol. The quantitative estimate of drug-likeness (QED) is 0.250. The van der Waals surface area contributed by atoms with Crippen LogP contribution >= 0.6 is 11.3 Å². The first-order valence-electron chi connectivity index (χ1n) is 12.9. The third-order valence-electron chi connectivity index (χ3n) is 7.14. The van der Waals surface area contributed by atoms with Crippen molar-refractivity contribution in [2.75, 3.05) is 40.5 Å². The number of ether oxygens (including phenoxy) is 2. The van der Waals surface area contributed by atoms with Crippen LogP contribution in [0.3, 0.4) is 0 Å². The van der Waals surface area contributed by atoms with E-state index in [1.807, 2.05) is 53.4 Å². The van der Waals surface area contributed by atoms with Crippen molar-refractivity contribution in [1.29, 1.82) is 0 Å². The van der Waals surface area contributed by atoms with Gasteiger partial charge in [0, 0.05) is 31.7 Å². The lowest BCUT2D eigenvalue weighted by atomic mass is 9.93. The molecule has 0 N–H and O–H groups in total. The number of hydrogen-bond acceptors (Lipinski definition) is 6. The number of amides is 1. The Labute approximate surface area is 233 Å². The highest BCUT2D eigenvalue weighted by molar-refractivity contribution is 7.89. The maximum absolute atomic E-state index is 13.9. The lowest BCUT2D eigenvalue weighted by molar-refractivity contribution is -0.133. The van der Waals surface area contributed by atoms with Crippen LogP contribution in [0.2, 0.25) is 0 Å². The second-order valence-electron chi connectivity index (χ2n) is 9.51. The van der Waals surface area contributed by atoms with Crippen molar-refractivity contribution in [2.24, 2.45) is 0 Å². The fourth-order valence-electron chi connectivity index (χ4n) is 5.12. The standard InChI is InChI=1S/C30H32N2O5S2/c1-36-18-5-16-31(39(34,35)26-13-10-22-6-3-4-7-24(22)20-26)21-29(33)32-17-14-28-27(15-19-38-28)30(32)23-8-11-25(37-2)12-9-23/h3-4,6-13,15,19-20,30H,5,14,16-18,21H2,1-2H3. The Hall–Kier alpha value is -3.24. The molecular formula is C30H32N2O5S2. The molecule has 204 valence electrons. The molecule has 1 atom stereocenters. The van der Waals surface area contributed by atoms with Gasteiger partial charge in [0.25, 0.3) is 0 Å². The number of methoxy groups -OCH3 is 2. The van der Waals surface area contributed by atoms with Crippen molar-refractivity contribution in [3.8, 4) is 5.75 Å². The molecular weight excluding hydrogens is 532 g/mol. The molecule has 1 aliphatic heterocycles. The highest BCUT2D eigenvalue weighted by atomic mass is 32.2. The minimum Gasteiger partial charge on any atom is -0.497 e. The minimum absolute atomic E-state index is 0.178. The Bertz CT molecular complexity index is 1550. The summed E-state index contributed by atoms with van der Waals surface area (Å²) in [5.41, 5.74) is 2.06. The fraction of sp³-hybridized carbons (Fsp3) is 0.300. The molecule has 5 rings (SSSR count). The number of thiophene rings is 1. The molecule has 0 aliphatic carbocycles. The van der Waals surface area contributed by atoms with Crippen molar-refractivity contribution in [3.05, 3.63) is 94.2 Å². The maximum Gasteiger partial charge on any atom is 0.243 e. The number of hydrogen-bond donors (Lipinski definition) is 0. The van der Waals surface area contributed by atoms with Gasteiger partial charge < -0.3 is 14.4 Å². The smallest absolute Gasteiger partial charge is 0.243 e. The molecule has 0 saturated carbocycles. The van der Waals surface area contributed by atoms with Crippen molar-refractivity contribution < 1.29 is 22.7 Å². The number of rotatable bonds is 10. The minimum atomic E-state index is -3.93. The number of carbonyl (C=O) groups is 1. The molecule has 0 saturated heterocycles. The summed E-state index contributed by atoms with van der Waals surface area (Å²) >= 11 is 1.69. The molecule has 1 aromatic heterocycles. The van der Waals surface area contributed by atoms with Gasteiger partial charge >= 0.3 is 0 Å². The zero-order chi connectivity index (χ0) is 27.4. The number of fused-ring (bicyclic) bond motifs is 2. The maximum atomic E-state index is 13.9. The van der Waals surface area contributed by atoms with Crippen molar-refractivity contribution >= 4 is 38.0 Å². The molecule has 1 unspecified atom stereocenters. The second-order valence-corrected chi connectivity index (χ2v) is 12.4. The second kappa shape index (κ2) is 11.9. The predicted molar refractivity (Wildman–Crippen MR) is 154 cm³/mol. The van der Waals surface area contributed by atoms with E-state index in [0.29, 0.717) is 19.6 Å². The SMILES string of the molecule is COCCCN(CC(=O)N1CCc2sccc2C1c1ccc(OC)cc1)S(=O)(=O)c1ccc2ccccc2c1. The van der Waals surface area contributed by atoms with E-state index in [-0.39, 0.29) is 29.9 Å². The summed E-state index contributed by atoms with van der Waals surface area (Å²) in [6, 6.07) is 22.2. The van der Waals surface area contributed by atoms with Gasteiger partial charge in [-0.3, -0.25) is 4.79 Å². The Kier molecular flexibility index (Phi) is 8.32. The van der Waals surface area contributed by atoms with E-state index in [0.717, 1.165) is 34.1 Å². The van der Waals surface area contributed by atoms with Gasteiger partial charge in [0.2, 0.25) is 15.9 Å². The summed E-state index contributed by atoms with van der Waals surface area (Å²) in [4.78, 5) is 17.2. The third-order valence-corrected chi connectivity index (χ3v) is 9.98. The van der Waals surface area contributed by atoms with E-state index in [4.69, 9.17) is 9.47 Å². The van der Waals surface area contributed by atoms with E-state index in [1.165, 1.54) is 9.18 Å². The molecule has 1 aliphatic rings. The topological polar surface area (TPSA) is 76.2 Å². The highest BCUT2D eigenvalue weighted by Gasteiger charge is 2.35. The first-order valence-corrected chi connectivity index (χ1v) is 15.2. The number of carbonyl (C=O) groups excluding carboxylic acids is 1. The Morgan fingerprint density at radius 2 is 1.79 bits per heavy atom. The van der Waals surface area contributed by atoms with E-state index in [1.54, 1.807) is 43.8 Å². The van der Waals surface area contributed by atoms with Crippen LogP contribution in [0.5, 0.6) is 5.75 Å². The largest absolute Gasteiger partial charge is 0.497 e. The van der Waals surface area contributed by atoms with E-state index in [2.05, 4.69) is 11.4 Å². The molecule has 0 bridgehead atoms. The third kappa shape index (κ3) is 5.72. The van der Waals surface area contributed by atoms with Crippen molar-refractivity contribution in [3.63, 3.8) is 0 Å². The van der Waals surface area contributed by atoms with E-state index < -0.39 is 10.0 Å². The highest BCUT2D eigenvalue weighted by Crippen LogP contribution is 2.38. The van der Waals surface area contributed by atoms with Crippen LogP contribution in [0.15, 0.2) is 83.1 Å². The summed E-state index contributed by atoms with van der Waals surface area (Å²) in [6.45, 7) is 0.851. The molecule has 0 fully saturated rings. The van der Waals surface area contributed by atoms with Gasteiger partial charge in [0.1, 0.15) is 5.75 Å². The zero-order valence-corrected chi connectivity index (χ0v) is 23.7. The van der Waals surface area contributed by atoms with Crippen LogP contribution in [0.1, 0.15) is 28.5 Å². The lowest BCUT2D eigenvalue weighted by Crippen LogP contribution is -2.47. The summed E-state index contributed by atoms with van der Waals surface area (Å²) in [6.07, 6.45) is 1.22. The van der Waals surface area contributed by atoms with Crippen molar-refractivity contribution in [1.82, 2.24) is 9.21 Å². The average Bonchev–Trinajstić information content (AvgIpc) is 3.45. The van der Waals surface area contributed by atoms with Crippen LogP contribution in [0.4, 0.5) is 0 Å². The van der Waals surface area contributed by atoms with Crippen LogP contribution in [0, 0.1) is 0 Å². The zero-order valence-electron chi connectivity index (χ0n) is 22.1. The van der Waals surface area contributed by atoms with E-state index >= 15 is 0 Å². The van der Waals surface area contributed by atoms with Crippen LogP contribution in [-0.2, 0) is 26.0 Å². The Balaban J connectivity index is 1.46. The molecule has 3 aromatic carbocycles. The summed E-state index contributed by atoms with van der Waals surface area (Å²) < 4.78 is 39.6. The molecule has 0 spiro atoms. The molecule has 2 heterocycles. The van der Waals surface area contributed by atoms with Gasteiger partial charge in [-0.2, -0.15) is 4.31 Å². The van der Waals surface area contributed by atoms with Gasteiger partial charge in [0.05, 0.1) is 24.6 Å². The number of nitrogens with zero attached hydrogens (tertiary/aromatic N) is 2. The summed E-state index contributed by atoms with van der Waals surface area (Å²) in [7, 11) is -0.728. The predicted octanol–water partition coefficient (Wildman–Crippen LogP) is 5.11. The van der Waals surface area contributed by atoms with Gasteiger partial charge in [-0.1, -0.05) is 42.5 Å². The van der Waals surface area contributed by atoms with Gasteiger partial charge in [-0.15, -0.1) is 11.3 Å². The van der Waals surface area contributed by atoms with Crippen LogP contribution in [-0.4, -0.2) is 64.0 Å². The molecule has 4 aromatic rings. The normalized spacial score (nSPS) is 15.5. The molecule has 7 nitrogen and oxygen atoms in total. The first kappa shape index (κ1) is 27.3. The number of benzene rings is 3. The van der Waals surface area contributed by atoms with E-state index in [9.17, 15) is 13.2 Å². The fourth-order valence-corrected chi connectivity index (χ4v) is 7.49. The summed E-state index contributed by atoms with van der Waals surface area (Å²) in [5.74, 6) is 0.512. The molecule has 9 heteroatoms. The summed E-state index contributed by atoms with van der Waals surface area (Å²) in [5, 5.41) is 3.85. The van der Waals surface area contributed by atoms with Gasteiger partial charge in [-0.05, 0) is 70.5 Å². The Morgan fingerprint density at radius 1 is 1.03 bits per heavy atom. The van der Waals surface area contributed by atoms with Crippen molar-refractivity contribution in [2.45, 2.75) is 23.8 Å². The molecule has 1 amide bonds. The first-order chi connectivity index (χ1) is 18.9. The Morgan fingerprint density at radius 3 is 2.54 bits per heavy atom. The number of sulfonamides is 1. The van der Waals surface area contributed by atoms with Gasteiger partial charge in [0.15, 0.2) is 0 Å². The monoisotopic (exact) mass is 564 g/mol. The van der Waals surface area contributed by atoms with Crippen LogP contribution in [0.25, 0.3) is 10.8 Å². The lowest BCUT2D eigenvalue weighted by Gasteiger charge is -2.37. The molecule has 39 heavy (non-hydrogen) atoms. The van der Waals surface area contributed by atoms with Gasteiger partial charge in [-0.25, -0.2) is 8.42 Å². The molecule has 0 radical (unpaired) electrons. The van der Waals surface area contributed by atoms with Crippen LogP contribution < -0.4 is 4.74 Å².